The molecule has 7 nitrogen and oxygen atoms in total. The van der Waals surface area contributed by atoms with Crippen molar-refractivity contribution in [2.45, 2.75) is 25.3 Å². The van der Waals surface area contributed by atoms with Gasteiger partial charge in [0.15, 0.2) is 5.76 Å². The fraction of sp³-hybridized carbons (Fsp3) is 0.286. The first-order valence-corrected chi connectivity index (χ1v) is 9.38. The summed E-state index contributed by atoms with van der Waals surface area (Å²) in [5.41, 5.74) is 2.29. The first kappa shape index (κ1) is 15.9. The summed E-state index contributed by atoms with van der Waals surface area (Å²) in [6.07, 6.45) is 1.83. The fourth-order valence-electron chi connectivity index (χ4n) is 2.28. The summed E-state index contributed by atoms with van der Waals surface area (Å²) in [5.74, 6) is 0.286. The maximum Gasteiger partial charge on any atom is 0.246 e. The molecule has 3 heterocycles. The summed E-state index contributed by atoms with van der Waals surface area (Å²) in [7, 11) is -3.63. The maximum absolute atomic E-state index is 12.3. The quantitative estimate of drug-likeness (QED) is 0.734. The second-order valence-electron chi connectivity index (χ2n) is 5.03. The molecule has 0 saturated carbocycles. The van der Waals surface area contributed by atoms with Crippen molar-refractivity contribution in [3.63, 3.8) is 0 Å². The first-order chi connectivity index (χ1) is 11.0. The standard InChI is InChI=1S/C14H16N4O3S2/c1-10-14(11(2)21-17-10)23(19,20)15-5-7-18-6-3-13(16-18)12-4-8-22-9-12/h3-4,6,8-9,15H,5,7H2,1-2H3. The minimum absolute atomic E-state index is 0.108. The number of hydrogen-bond donors (Lipinski definition) is 1. The predicted octanol–water partition coefficient (Wildman–Crippen LogP) is 2.19. The highest BCUT2D eigenvalue weighted by Gasteiger charge is 2.23. The Morgan fingerprint density at radius 3 is 2.83 bits per heavy atom. The molecule has 0 unspecified atom stereocenters. The second-order valence-corrected chi connectivity index (χ2v) is 7.51. The van der Waals surface area contributed by atoms with Gasteiger partial charge in [-0.05, 0) is 31.4 Å². The zero-order valence-electron chi connectivity index (χ0n) is 12.7. The Labute approximate surface area is 138 Å². The molecule has 0 aromatic carbocycles. The van der Waals surface area contributed by atoms with Gasteiger partial charge in [0.2, 0.25) is 10.0 Å². The van der Waals surface area contributed by atoms with Crippen molar-refractivity contribution in [2.24, 2.45) is 0 Å². The SMILES string of the molecule is Cc1noc(C)c1S(=O)(=O)NCCn1ccc(-c2ccsc2)n1. The molecule has 0 radical (unpaired) electrons. The van der Waals surface area contributed by atoms with E-state index in [0.29, 0.717) is 12.2 Å². The van der Waals surface area contributed by atoms with E-state index in [-0.39, 0.29) is 17.2 Å². The predicted molar refractivity (Wildman–Crippen MR) is 86.7 cm³/mol. The molecule has 0 fully saturated rings. The van der Waals surface area contributed by atoms with Gasteiger partial charge in [-0.3, -0.25) is 4.68 Å². The minimum Gasteiger partial charge on any atom is -0.360 e. The number of sulfonamides is 1. The van der Waals surface area contributed by atoms with E-state index in [4.69, 9.17) is 4.52 Å². The van der Waals surface area contributed by atoms with Crippen LogP contribution in [0.2, 0.25) is 0 Å². The third-order valence-electron chi connectivity index (χ3n) is 3.33. The van der Waals surface area contributed by atoms with Crippen LogP contribution in [-0.2, 0) is 16.6 Å². The molecular formula is C14H16N4O3S2. The average Bonchev–Trinajstić information content (AvgIpc) is 3.19. The number of aromatic nitrogens is 3. The topological polar surface area (TPSA) is 90.0 Å². The normalized spacial score (nSPS) is 11.9. The Morgan fingerprint density at radius 2 is 2.17 bits per heavy atom. The third kappa shape index (κ3) is 3.36. The van der Waals surface area contributed by atoms with Gasteiger partial charge in [-0.25, -0.2) is 13.1 Å². The maximum atomic E-state index is 12.3. The van der Waals surface area contributed by atoms with Gasteiger partial charge in [0.1, 0.15) is 10.6 Å². The molecule has 1 N–H and O–H groups in total. The lowest BCUT2D eigenvalue weighted by Crippen LogP contribution is -2.28. The lowest BCUT2D eigenvalue weighted by Gasteiger charge is -2.06. The molecule has 0 amide bonds. The van der Waals surface area contributed by atoms with Crippen molar-refractivity contribution in [3.8, 4) is 11.3 Å². The zero-order chi connectivity index (χ0) is 16.4. The zero-order valence-corrected chi connectivity index (χ0v) is 14.3. The monoisotopic (exact) mass is 352 g/mol. The molecule has 0 aliphatic rings. The van der Waals surface area contributed by atoms with Crippen molar-refractivity contribution in [3.05, 3.63) is 40.5 Å². The number of rotatable bonds is 6. The Morgan fingerprint density at radius 1 is 1.35 bits per heavy atom. The highest BCUT2D eigenvalue weighted by atomic mass is 32.2. The van der Waals surface area contributed by atoms with Crippen LogP contribution >= 0.6 is 11.3 Å². The second kappa shape index (κ2) is 6.26. The van der Waals surface area contributed by atoms with Crippen LogP contribution in [-0.4, -0.2) is 29.9 Å². The van der Waals surface area contributed by atoms with E-state index in [9.17, 15) is 8.42 Å². The molecule has 122 valence electrons. The summed E-state index contributed by atoms with van der Waals surface area (Å²) >= 11 is 1.61. The minimum atomic E-state index is -3.63. The van der Waals surface area contributed by atoms with Gasteiger partial charge in [-0.15, -0.1) is 0 Å². The molecule has 0 aliphatic heterocycles. The van der Waals surface area contributed by atoms with Crippen LogP contribution in [0.1, 0.15) is 11.5 Å². The summed E-state index contributed by atoms with van der Waals surface area (Å²) in [6, 6.07) is 3.91. The number of thiophene rings is 1. The summed E-state index contributed by atoms with van der Waals surface area (Å²) in [4.78, 5) is 0.108. The highest BCUT2D eigenvalue weighted by Crippen LogP contribution is 2.20. The Bertz CT molecular complexity index is 875. The Balaban J connectivity index is 1.64. The van der Waals surface area contributed by atoms with Crippen molar-refractivity contribution in [1.82, 2.24) is 19.7 Å². The van der Waals surface area contributed by atoms with Crippen LogP contribution in [0.25, 0.3) is 11.3 Å². The summed E-state index contributed by atoms with van der Waals surface area (Å²) < 4.78 is 33.7. The average molecular weight is 352 g/mol. The van der Waals surface area contributed by atoms with Crippen molar-refractivity contribution < 1.29 is 12.9 Å². The van der Waals surface area contributed by atoms with E-state index in [1.165, 1.54) is 0 Å². The molecule has 3 aromatic rings. The molecule has 3 aromatic heterocycles. The molecule has 0 saturated heterocycles. The summed E-state index contributed by atoms with van der Waals surface area (Å²) in [6.45, 7) is 3.85. The van der Waals surface area contributed by atoms with Crippen LogP contribution in [0.5, 0.6) is 0 Å². The van der Waals surface area contributed by atoms with E-state index in [1.54, 1.807) is 29.9 Å². The Kier molecular flexibility index (Phi) is 4.33. The van der Waals surface area contributed by atoms with Gasteiger partial charge in [0.25, 0.3) is 0 Å². The van der Waals surface area contributed by atoms with E-state index < -0.39 is 10.0 Å². The van der Waals surface area contributed by atoms with Gasteiger partial charge >= 0.3 is 0 Å². The fourth-order valence-corrected chi connectivity index (χ4v) is 4.27. The van der Waals surface area contributed by atoms with Crippen LogP contribution in [0, 0.1) is 13.8 Å². The van der Waals surface area contributed by atoms with Gasteiger partial charge < -0.3 is 4.52 Å². The van der Waals surface area contributed by atoms with Crippen molar-refractivity contribution >= 4 is 21.4 Å². The van der Waals surface area contributed by atoms with E-state index >= 15 is 0 Å². The molecule has 23 heavy (non-hydrogen) atoms. The van der Waals surface area contributed by atoms with Gasteiger partial charge in [0, 0.05) is 23.7 Å². The van der Waals surface area contributed by atoms with Gasteiger partial charge in [-0.2, -0.15) is 16.4 Å². The number of hydrogen-bond acceptors (Lipinski definition) is 6. The van der Waals surface area contributed by atoms with E-state index in [1.807, 2.05) is 29.1 Å². The van der Waals surface area contributed by atoms with Crippen LogP contribution in [0.15, 0.2) is 38.5 Å². The van der Waals surface area contributed by atoms with Crippen LogP contribution in [0.4, 0.5) is 0 Å². The lowest BCUT2D eigenvalue weighted by atomic mass is 10.2. The molecule has 9 heteroatoms. The van der Waals surface area contributed by atoms with E-state index in [2.05, 4.69) is 15.0 Å². The molecule has 0 atom stereocenters. The smallest absolute Gasteiger partial charge is 0.246 e. The molecule has 0 spiro atoms. The van der Waals surface area contributed by atoms with Gasteiger partial charge in [-0.1, -0.05) is 5.16 Å². The highest BCUT2D eigenvalue weighted by molar-refractivity contribution is 7.89. The molecule has 3 rings (SSSR count). The lowest BCUT2D eigenvalue weighted by molar-refractivity contribution is 0.390. The first-order valence-electron chi connectivity index (χ1n) is 6.96. The molecular weight excluding hydrogens is 336 g/mol. The van der Waals surface area contributed by atoms with Crippen LogP contribution in [0.3, 0.4) is 0 Å². The number of nitrogens with zero attached hydrogens (tertiary/aromatic N) is 3. The number of nitrogens with one attached hydrogen (secondary N) is 1. The van der Waals surface area contributed by atoms with E-state index in [0.717, 1.165) is 11.3 Å². The molecule has 0 bridgehead atoms. The third-order valence-corrected chi connectivity index (χ3v) is 5.71. The van der Waals surface area contributed by atoms with Gasteiger partial charge in [0.05, 0.1) is 12.2 Å². The van der Waals surface area contributed by atoms with Crippen LogP contribution < -0.4 is 4.72 Å². The Hall–Kier alpha value is -1.97. The number of aryl methyl sites for hydroxylation is 2. The molecule has 0 aliphatic carbocycles. The van der Waals surface area contributed by atoms with Crippen molar-refractivity contribution in [2.75, 3.05) is 6.54 Å². The van der Waals surface area contributed by atoms with Crippen molar-refractivity contribution in [1.29, 1.82) is 0 Å². The summed E-state index contributed by atoms with van der Waals surface area (Å²) in [5, 5.41) is 12.1. The largest absolute Gasteiger partial charge is 0.360 e.